The van der Waals surface area contributed by atoms with Crippen LogP contribution in [0.5, 0.6) is 0 Å². The molecule has 1 heterocycles. The van der Waals surface area contributed by atoms with Gasteiger partial charge in [0.15, 0.2) is 0 Å². The molecule has 0 radical (unpaired) electrons. The molecule has 1 aromatic carbocycles. The number of benzene rings is 1. The second-order valence-corrected chi connectivity index (χ2v) is 3.90. The minimum atomic E-state index is 0.000184. The van der Waals surface area contributed by atoms with Gasteiger partial charge in [-0.05, 0) is 31.0 Å². The zero-order valence-corrected chi connectivity index (χ0v) is 9.28. The van der Waals surface area contributed by atoms with Crippen molar-refractivity contribution in [2.45, 2.75) is 12.8 Å². The van der Waals surface area contributed by atoms with Gasteiger partial charge < -0.3 is 11.1 Å². The topological polar surface area (TPSA) is 58.4 Å². The molecule has 4 nitrogen and oxygen atoms in total. The summed E-state index contributed by atoms with van der Waals surface area (Å²) in [5, 5.41) is 2.81. The highest BCUT2D eigenvalue weighted by molar-refractivity contribution is 5.94. The third kappa shape index (κ3) is 2.17. The highest BCUT2D eigenvalue weighted by Gasteiger charge is 2.22. The monoisotopic (exact) mass is 219 g/mol. The molecule has 16 heavy (non-hydrogen) atoms. The first kappa shape index (κ1) is 11.0. The summed E-state index contributed by atoms with van der Waals surface area (Å²) in [5.41, 5.74) is 7.73. The first-order valence-electron chi connectivity index (χ1n) is 5.66. The Morgan fingerprint density at radius 1 is 1.38 bits per heavy atom. The first-order chi connectivity index (χ1) is 7.83. The van der Waals surface area contributed by atoms with Crippen LogP contribution in [-0.2, 0) is 6.42 Å². The fourth-order valence-corrected chi connectivity index (χ4v) is 1.98. The molecule has 0 aromatic heterocycles. The number of urea groups is 1. The summed E-state index contributed by atoms with van der Waals surface area (Å²) in [5.74, 6) is 0. The van der Waals surface area contributed by atoms with E-state index in [1.807, 2.05) is 18.2 Å². The summed E-state index contributed by atoms with van der Waals surface area (Å²) in [6.45, 7) is 2.16. The molecule has 4 heteroatoms. The fraction of sp³-hybridized carbons (Fsp3) is 0.417. The summed E-state index contributed by atoms with van der Waals surface area (Å²) in [4.78, 5) is 13.4. The van der Waals surface area contributed by atoms with Gasteiger partial charge in [-0.15, -0.1) is 0 Å². The number of carbonyl (C=O) groups is 1. The Bertz CT molecular complexity index is 378. The van der Waals surface area contributed by atoms with Crippen molar-refractivity contribution in [3.8, 4) is 0 Å². The van der Waals surface area contributed by atoms with E-state index in [0.717, 1.165) is 31.6 Å². The Balaban J connectivity index is 2.21. The van der Waals surface area contributed by atoms with Crippen molar-refractivity contribution in [3.63, 3.8) is 0 Å². The third-order valence-electron chi connectivity index (χ3n) is 2.79. The lowest BCUT2D eigenvalue weighted by molar-refractivity contribution is 0.252. The van der Waals surface area contributed by atoms with Crippen molar-refractivity contribution in [1.29, 1.82) is 0 Å². The van der Waals surface area contributed by atoms with E-state index in [0.29, 0.717) is 6.54 Å². The van der Waals surface area contributed by atoms with E-state index in [1.54, 1.807) is 4.90 Å². The number of anilines is 1. The maximum Gasteiger partial charge on any atom is 0.322 e. The molecule has 1 fully saturated rings. The van der Waals surface area contributed by atoms with Crippen LogP contribution in [0.15, 0.2) is 24.3 Å². The van der Waals surface area contributed by atoms with E-state index in [1.165, 1.54) is 5.56 Å². The van der Waals surface area contributed by atoms with E-state index >= 15 is 0 Å². The Hall–Kier alpha value is -1.55. The van der Waals surface area contributed by atoms with Crippen LogP contribution in [0.2, 0.25) is 0 Å². The SMILES string of the molecule is NCCCc1ccccc1N1CCNC1=O. The van der Waals surface area contributed by atoms with Crippen LogP contribution in [-0.4, -0.2) is 25.7 Å². The van der Waals surface area contributed by atoms with Gasteiger partial charge >= 0.3 is 6.03 Å². The Labute approximate surface area is 95.4 Å². The van der Waals surface area contributed by atoms with Gasteiger partial charge in [-0.1, -0.05) is 18.2 Å². The van der Waals surface area contributed by atoms with E-state index in [9.17, 15) is 4.79 Å². The molecule has 86 valence electrons. The molecule has 0 saturated carbocycles. The second kappa shape index (κ2) is 4.99. The van der Waals surface area contributed by atoms with E-state index in [4.69, 9.17) is 5.73 Å². The predicted octanol–water partition coefficient (Wildman–Crippen LogP) is 1.11. The van der Waals surface area contributed by atoms with Gasteiger partial charge in [-0.3, -0.25) is 4.90 Å². The zero-order chi connectivity index (χ0) is 11.4. The van der Waals surface area contributed by atoms with Crippen LogP contribution in [0.3, 0.4) is 0 Å². The Morgan fingerprint density at radius 2 is 2.19 bits per heavy atom. The van der Waals surface area contributed by atoms with Crippen LogP contribution < -0.4 is 16.0 Å². The number of hydrogen-bond donors (Lipinski definition) is 2. The average Bonchev–Trinajstić information content (AvgIpc) is 2.73. The normalized spacial score (nSPS) is 15.3. The Morgan fingerprint density at radius 3 is 2.88 bits per heavy atom. The van der Waals surface area contributed by atoms with Crippen LogP contribution in [0.1, 0.15) is 12.0 Å². The van der Waals surface area contributed by atoms with Gasteiger partial charge in [0.1, 0.15) is 0 Å². The lowest BCUT2D eigenvalue weighted by Gasteiger charge is -2.18. The molecule has 2 rings (SSSR count). The molecule has 0 bridgehead atoms. The second-order valence-electron chi connectivity index (χ2n) is 3.90. The molecular weight excluding hydrogens is 202 g/mol. The lowest BCUT2D eigenvalue weighted by Crippen LogP contribution is -2.28. The minimum Gasteiger partial charge on any atom is -0.336 e. The highest BCUT2D eigenvalue weighted by atomic mass is 16.2. The third-order valence-corrected chi connectivity index (χ3v) is 2.79. The molecule has 0 unspecified atom stereocenters. The van der Waals surface area contributed by atoms with Crippen LogP contribution >= 0.6 is 0 Å². The van der Waals surface area contributed by atoms with Gasteiger partial charge in [-0.25, -0.2) is 4.79 Å². The molecule has 1 aromatic rings. The number of rotatable bonds is 4. The van der Waals surface area contributed by atoms with E-state index in [-0.39, 0.29) is 6.03 Å². The van der Waals surface area contributed by atoms with E-state index < -0.39 is 0 Å². The van der Waals surface area contributed by atoms with Crippen molar-refractivity contribution in [2.75, 3.05) is 24.5 Å². The summed E-state index contributed by atoms with van der Waals surface area (Å²) < 4.78 is 0. The van der Waals surface area contributed by atoms with Crippen LogP contribution in [0.25, 0.3) is 0 Å². The molecule has 0 aliphatic carbocycles. The van der Waals surface area contributed by atoms with E-state index in [2.05, 4.69) is 11.4 Å². The molecule has 1 saturated heterocycles. The molecule has 0 atom stereocenters. The number of aryl methyl sites for hydroxylation is 1. The molecule has 3 N–H and O–H groups in total. The molecule has 1 aliphatic rings. The molecular formula is C12H17N3O. The summed E-state index contributed by atoms with van der Waals surface area (Å²) in [6.07, 6.45) is 1.88. The maximum absolute atomic E-state index is 11.6. The largest absolute Gasteiger partial charge is 0.336 e. The lowest BCUT2D eigenvalue weighted by atomic mass is 10.1. The van der Waals surface area contributed by atoms with Gasteiger partial charge in [0.25, 0.3) is 0 Å². The number of amides is 2. The highest BCUT2D eigenvalue weighted by Crippen LogP contribution is 2.22. The molecule has 1 aliphatic heterocycles. The van der Waals surface area contributed by atoms with Crippen molar-refractivity contribution < 1.29 is 4.79 Å². The number of carbonyl (C=O) groups excluding carboxylic acids is 1. The number of hydrogen-bond acceptors (Lipinski definition) is 2. The first-order valence-corrected chi connectivity index (χ1v) is 5.66. The number of nitrogens with zero attached hydrogens (tertiary/aromatic N) is 1. The number of nitrogens with two attached hydrogens (primary N) is 1. The quantitative estimate of drug-likeness (QED) is 0.797. The average molecular weight is 219 g/mol. The van der Waals surface area contributed by atoms with Crippen molar-refractivity contribution in [2.24, 2.45) is 5.73 Å². The summed E-state index contributed by atoms with van der Waals surface area (Å²) >= 11 is 0. The smallest absolute Gasteiger partial charge is 0.322 e. The zero-order valence-electron chi connectivity index (χ0n) is 9.28. The fourth-order valence-electron chi connectivity index (χ4n) is 1.98. The summed E-state index contributed by atoms with van der Waals surface area (Å²) in [7, 11) is 0. The van der Waals surface area contributed by atoms with Gasteiger partial charge in [0.05, 0.1) is 0 Å². The number of para-hydroxylation sites is 1. The molecule has 0 spiro atoms. The van der Waals surface area contributed by atoms with Crippen molar-refractivity contribution in [3.05, 3.63) is 29.8 Å². The van der Waals surface area contributed by atoms with Crippen LogP contribution in [0, 0.1) is 0 Å². The van der Waals surface area contributed by atoms with Gasteiger partial charge in [0.2, 0.25) is 0 Å². The Kier molecular flexibility index (Phi) is 3.41. The van der Waals surface area contributed by atoms with Crippen LogP contribution in [0.4, 0.5) is 10.5 Å². The van der Waals surface area contributed by atoms with Crippen molar-refractivity contribution >= 4 is 11.7 Å². The minimum absolute atomic E-state index is 0.000184. The van der Waals surface area contributed by atoms with Gasteiger partial charge in [-0.2, -0.15) is 0 Å². The number of nitrogens with one attached hydrogen (secondary N) is 1. The van der Waals surface area contributed by atoms with Gasteiger partial charge in [0, 0.05) is 18.8 Å². The summed E-state index contributed by atoms with van der Waals surface area (Å²) in [6, 6.07) is 8.03. The predicted molar refractivity (Wildman–Crippen MR) is 64.6 cm³/mol. The standard InChI is InChI=1S/C12H17N3O/c13-7-3-5-10-4-1-2-6-11(10)15-9-8-14-12(15)16/h1-2,4,6H,3,5,7-9,13H2,(H,14,16). The molecule has 2 amide bonds. The van der Waals surface area contributed by atoms with Crippen molar-refractivity contribution in [1.82, 2.24) is 5.32 Å². The maximum atomic E-state index is 11.6.